The van der Waals surface area contributed by atoms with Gasteiger partial charge in [-0.15, -0.1) is 0 Å². The minimum absolute atomic E-state index is 0.0112. The van der Waals surface area contributed by atoms with Gasteiger partial charge in [0.15, 0.2) is 6.19 Å². The van der Waals surface area contributed by atoms with E-state index in [-0.39, 0.29) is 23.0 Å². The Morgan fingerprint density at radius 3 is 2.58 bits per heavy atom. The summed E-state index contributed by atoms with van der Waals surface area (Å²) in [6.07, 6.45) is 7.64. The molecule has 0 bridgehead atoms. The van der Waals surface area contributed by atoms with E-state index in [4.69, 9.17) is 27.8 Å². The van der Waals surface area contributed by atoms with E-state index in [0.29, 0.717) is 34.5 Å². The third kappa shape index (κ3) is 3.83. The van der Waals surface area contributed by atoms with E-state index in [1.807, 2.05) is 4.90 Å². The number of nitrogens with zero attached hydrogens (tertiary/aromatic N) is 5. The lowest BCUT2D eigenvalue weighted by molar-refractivity contribution is 0.100. The topological polar surface area (TPSA) is 136 Å². The van der Waals surface area contributed by atoms with Gasteiger partial charge in [0, 0.05) is 17.8 Å². The molecule has 2 aliphatic rings. The maximum atomic E-state index is 12.3. The molecule has 168 valence electrons. The van der Waals surface area contributed by atoms with Gasteiger partial charge in [0.05, 0.1) is 23.1 Å². The Kier molecular flexibility index (Phi) is 5.10. The summed E-state index contributed by atoms with van der Waals surface area (Å²) in [5, 5.41) is 14.8. The molecule has 2 aromatic heterocycles. The van der Waals surface area contributed by atoms with E-state index in [1.165, 1.54) is 6.20 Å². The van der Waals surface area contributed by atoms with Gasteiger partial charge in [-0.3, -0.25) is 4.79 Å². The highest BCUT2D eigenvalue weighted by molar-refractivity contribution is 6.30. The van der Waals surface area contributed by atoms with Crippen molar-refractivity contribution in [1.82, 2.24) is 19.7 Å². The molecular weight excluding hydrogens is 442 g/mol. The number of piperidine rings is 1. The lowest BCUT2D eigenvalue weighted by Gasteiger charge is -2.36. The van der Waals surface area contributed by atoms with Crippen molar-refractivity contribution in [2.75, 3.05) is 12.3 Å². The van der Waals surface area contributed by atoms with Crippen LogP contribution in [0.2, 0.25) is 5.02 Å². The van der Waals surface area contributed by atoms with Crippen molar-refractivity contribution in [3.8, 4) is 29.1 Å². The molecule has 0 radical (unpaired) electrons. The normalized spacial score (nSPS) is 18.7. The number of ether oxygens (including phenoxy) is 1. The van der Waals surface area contributed by atoms with Crippen molar-refractivity contribution in [1.29, 1.82) is 5.26 Å². The van der Waals surface area contributed by atoms with Crippen molar-refractivity contribution in [2.45, 2.75) is 37.3 Å². The van der Waals surface area contributed by atoms with Crippen LogP contribution in [-0.4, -0.2) is 37.7 Å². The van der Waals surface area contributed by atoms with E-state index >= 15 is 0 Å². The van der Waals surface area contributed by atoms with Crippen LogP contribution in [0, 0.1) is 11.5 Å². The fourth-order valence-corrected chi connectivity index (χ4v) is 4.58. The van der Waals surface area contributed by atoms with Crippen molar-refractivity contribution < 1.29 is 9.53 Å². The molecule has 1 unspecified atom stereocenters. The highest BCUT2D eigenvalue weighted by Crippen LogP contribution is 2.50. The number of benzene rings is 1. The first kappa shape index (κ1) is 21.1. The third-order valence-electron chi connectivity index (χ3n) is 6.45. The molecule has 33 heavy (non-hydrogen) atoms. The van der Waals surface area contributed by atoms with E-state index in [1.54, 1.807) is 41.1 Å². The number of hydrogen-bond acceptors (Lipinski definition) is 7. The number of primary amides is 1. The molecule has 1 aliphatic carbocycles. The van der Waals surface area contributed by atoms with E-state index < -0.39 is 5.91 Å². The molecule has 1 aromatic carbocycles. The molecule has 4 N–H and O–H groups in total. The minimum atomic E-state index is -0.647. The first-order valence-electron chi connectivity index (χ1n) is 10.7. The average molecular weight is 464 g/mol. The number of nitriles is 1. The quantitative estimate of drug-likeness (QED) is 0.550. The summed E-state index contributed by atoms with van der Waals surface area (Å²) in [5.41, 5.74) is 13.3. The van der Waals surface area contributed by atoms with Crippen LogP contribution in [0.25, 0.3) is 11.3 Å². The smallest absolute Gasteiger partial charge is 0.254 e. The van der Waals surface area contributed by atoms with Crippen LogP contribution in [-0.2, 0) is 0 Å². The van der Waals surface area contributed by atoms with Crippen LogP contribution in [0.3, 0.4) is 0 Å². The van der Waals surface area contributed by atoms with Crippen LogP contribution >= 0.6 is 11.6 Å². The van der Waals surface area contributed by atoms with Crippen LogP contribution in [0.4, 0.5) is 5.82 Å². The molecule has 1 saturated carbocycles. The molecule has 1 spiro atoms. The number of nitrogens with two attached hydrogens (primary N) is 2. The van der Waals surface area contributed by atoms with E-state index in [9.17, 15) is 10.1 Å². The molecule has 1 amide bonds. The van der Waals surface area contributed by atoms with Gasteiger partial charge in [-0.1, -0.05) is 11.6 Å². The summed E-state index contributed by atoms with van der Waals surface area (Å²) in [5.74, 6) is 0.545. The molecule has 3 aromatic rings. The van der Waals surface area contributed by atoms with Gasteiger partial charge < -0.3 is 21.1 Å². The van der Waals surface area contributed by atoms with Crippen molar-refractivity contribution in [2.24, 2.45) is 5.73 Å². The second-order valence-corrected chi connectivity index (χ2v) is 8.92. The lowest BCUT2D eigenvalue weighted by Crippen LogP contribution is -2.43. The Labute approximate surface area is 195 Å². The molecule has 2 fully saturated rings. The number of carbonyl (C=O) groups excluding carboxylic acids is 1. The van der Waals surface area contributed by atoms with Gasteiger partial charge in [-0.2, -0.15) is 10.4 Å². The van der Waals surface area contributed by atoms with Crippen LogP contribution in [0.15, 0.2) is 42.6 Å². The van der Waals surface area contributed by atoms with Gasteiger partial charge in [-0.05, 0) is 56.0 Å². The predicted molar refractivity (Wildman–Crippen MR) is 122 cm³/mol. The number of likely N-dealkylation sites (tertiary alicyclic amines) is 1. The average Bonchev–Trinajstić information content (AvgIpc) is 3.49. The maximum Gasteiger partial charge on any atom is 0.254 e. The van der Waals surface area contributed by atoms with E-state index in [2.05, 4.69) is 16.3 Å². The number of aromatic nitrogens is 3. The van der Waals surface area contributed by atoms with Crippen molar-refractivity contribution in [3.05, 3.63) is 53.2 Å². The fraction of sp³-hybridized carbons (Fsp3) is 0.304. The van der Waals surface area contributed by atoms with Gasteiger partial charge in [0.25, 0.3) is 5.91 Å². The molecule has 10 heteroatoms. The number of anilines is 1. The molecular formula is C23H22ClN7O2. The van der Waals surface area contributed by atoms with Gasteiger partial charge in [0.2, 0.25) is 5.88 Å². The van der Waals surface area contributed by atoms with E-state index in [0.717, 1.165) is 25.7 Å². The number of nitrogen functional groups attached to an aromatic ring is 1. The number of hydrogen-bond donors (Lipinski definition) is 2. The molecule has 1 aliphatic heterocycles. The number of rotatable bonds is 5. The summed E-state index contributed by atoms with van der Waals surface area (Å²) >= 11 is 5.85. The van der Waals surface area contributed by atoms with Gasteiger partial charge in [0.1, 0.15) is 22.8 Å². The first-order valence-corrected chi connectivity index (χ1v) is 11.0. The zero-order valence-electron chi connectivity index (χ0n) is 17.7. The van der Waals surface area contributed by atoms with Crippen molar-refractivity contribution >= 4 is 23.3 Å². The largest absolute Gasteiger partial charge is 0.439 e. The number of halogens is 1. The highest BCUT2D eigenvalue weighted by Gasteiger charge is 2.51. The SMILES string of the molecule is N#CN1CC(n2nc(-c3ccc(Oc4ccc(Cl)cn4)cc3)c(C(N)=O)c2N)CCC12CC2. The van der Waals surface area contributed by atoms with Crippen molar-refractivity contribution in [3.63, 3.8) is 0 Å². The second-order valence-electron chi connectivity index (χ2n) is 8.49. The van der Waals surface area contributed by atoms with Gasteiger partial charge >= 0.3 is 0 Å². The standard InChI is InChI=1S/C23H22ClN7O2/c24-15-3-6-18(28-11-15)33-17-4-1-14(2-5-17)20-19(22(27)32)21(26)31(29-20)16-7-8-23(9-10-23)30(12-16)13-25/h1-6,11,16H,7-10,12,26H2,(H2,27,32). The molecule has 9 nitrogen and oxygen atoms in total. The van der Waals surface area contributed by atoms with Crippen LogP contribution in [0.1, 0.15) is 42.1 Å². The summed E-state index contributed by atoms with van der Waals surface area (Å²) in [4.78, 5) is 18.2. The first-order chi connectivity index (χ1) is 15.9. The lowest BCUT2D eigenvalue weighted by atomic mass is 9.97. The molecule has 3 heterocycles. The Hall–Kier alpha value is -3.77. The number of pyridine rings is 1. The number of amides is 1. The Morgan fingerprint density at radius 1 is 1.21 bits per heavy atom. The molecule has 1 atom stereocenters. The molecule has 5 rings (SSSR count). The zero-order valence-corrected chi connectivity index (χ0v) is 18.5. The minimum Gasteiger partial charge on any atom is -0.439 e. The third-order valence-corrected chi connectivity index (χ3v) is 6.67. The predicted octanol–water partition coefficient (Wildman–Crippen LogP) is 3.72. The fourth-order valence-electron chi connectivity index (χ4n) is 4.47. The summed E-state index contributed by atoms with van der Waals surface area (Å²) in [6, 6.07) is 10.3. The zero-order chi connectivity index (χ0) is 23.2. The Balaban J connectivity index is 1.43. The Bertz CT molecular complexity index is 1240. The summed E-state index contributed by atoms with van der Waals surface area (Å²) in [7, 11) is 0. The molecule has 1 saturated heterocycles. The maximum absolute atomic E-state index is 12.3. The highest BCUT2D eigenvalue weighted by atomic mass is 35.5. The monoisotopic (exact) mass is 463 g/mol. The van der Waals surface area contributed by atoms with Crippen LogP contribution in [0.5, 0.6) is 11.6 Å². The van der Waals surface area contributed by atoms with Gasteiger partial charge in [-0.25, -0.2) is 9.67 Å². The summed E-state index contributed by atoms with van der Waals surface area (Å²) < 4.78 is 7.38. The van der Waals surface area contributed by atoms with Crippen LogP contribution < -0.4 is 16.2 Å². The second kappa shape index (κ2) is 7.98. The number of carbonyl (C=O) groups is 1. The summed E-state index contributed by atoms with van der Waals surface area (Å²) in [6.45, 7) is 0.515. The Morgan fingerprint density at radius 2 is 1.97 bits per heavy atom.